The molecular formula is C49H31NOS. The van der Waals surface area contributed by atoms with Gasteiger partial charge in [-0.2, -0.15) is 0 Å². The van der Waals surface area contributed by atoms with E-state index in [-0.39, 0.29) is 0 Å². The highest BCUT2D eigenvalue weighted by Gasteiger charge is 2.51. The first-order valence-electron chi connectivity index (χ1n) is 17.8. The highest BCUT2D eigenvalue weighted by atomic mass is 32.1. The summed E-state index contributed by atoms with van der Waals surface area (Å²) in [5.74, 6) is 1.84. The maximum atomic E-state index is 6.57. The van der Waals surface area contributed by atoms with Gasteiger partial charge in [0.2, 0.25) is 0 Å². The summed E-state index contributed by atoms with van der Waals surface area (Å²) in [6.45, 7) is 0. The second-order valence-corrected chi connectivity index (χ2v) is 14.7. The number of fused-ring (bicyclic) bond motifs is 12. The Labute approximate surface area is 306 Å². The second-order valence-electron chi connectivity index (χ2n) is 13.7. The Morgan fingerprint density at radius 3 is 1.75 bits per heavy atom. The summed E-state index contributed by atoms with van der Waals surface area (Å²) in [5, 5.41) is 2.55. The average molecular weight is 682 g/mol. The normalized spacial score (nSPS) is 13.3. The highest BCUT2D eigenvalue weighted by Crippen LogP contribution is 2.63. The number of nitrogens with zero attached hydrogens (tertiary/aromatic N) is 1. The van der Waals surface area contributed by atoms with Gasteiger partial charge in [-0.25, -0.2) is 0 Å². The van der Waals surface area contributed by atoms with Gasteiger partial charge in [-0.15, -0.1) is 11.3 Å². The van der Waals surface area contributed by atoms with Gasteiger partial charge < -0.3 is 9.64 Å². The van der Waals surface area contributed by atoms with E-state index < -0.39 is 5.41 Å². The van der Waals surface area contributed by atoms with Crippen LogP contribution in [0.5, 0.6) is 11.5 Å². The molecule has 0 unspecified atom stereocenters. The summed E-state index contributed by atoms with van der Waals surface area (Å²) < 4.78 is 9.14. The summed E-state index contributed by atoms with van der Waals surface area (Å²) >= 11 is 1.88. The fourth-order valence-corrected chi connectivity index (χ4v) is 9.83. The van der Waals surface area contributed by atoms with Crippen molar-refractivity contribution in [1.82, 2.24) is 0 Å². The molecule has 2 nitrogen and oxygen atoms in total. The molecule has 244 valence electrons. The van der Waals surface area contributed by atoms with E-state index in [0.29, 0.717) is 0 Å². The smallest absolute Gasteiger partial charge is 0.132 e. The zero-order chi connectivity index (χ0) is 34.2. The van der Waals surface area contributed by atoms with Crippen molar-refractivity contribution in [1.29, 1.82) is 0 Å². The second kappa shape index (κ2) is 11.3. The van der Waals surface area contributed by atoms with E-state index in [1.807, 2.05) is 11.3 Å². The molecule has 0 fully saturated rings. The van der Waals surface area contributed by atoms with E-state index in [1.54, 1.807) is 0 Å². The Balaban J connectivity index is 1.14. The lowest BCUT2D eigenvalue weighted by Crippen LogP contribution is -2.32. The van der Waals surface area contributed by atoms with Crippen molar-refractivity contribution < 1.29 is 4.74 Å². The van der Waals surface area contributed by atoms with Gasteiger partial charge in [-0.1, -0.05) is 121 Å². The third-order valence-electron chi connectivity index (χ3n) is 10.9. The van der Waals surface area contributed by atoms with Crippen LogP contribution in [0.25, 0.3) is 42.4 Å². The molecule has 0 amide bonds. The molecule has 0 N–H and O–H groups in total. The largest absolute Gasteiger partial charge is 0.457 e. The lowest BCUT2D eigenvalue weighted by Gasteiger charge is -2.39. The lowest BCUT2D eigenvalue weighted by molar-refractivity contribution is 0.436. The first-order valence-corrected chi connectivity index (χ1v) is 18.6. The summed E-state index contributed by atoms with van der Waals surface area (Å²) in [6, 6.07) is 68.2. The van der Waals surface area contributed by atoms with Gasteiger partial charge in [0.1, 0.15) is 11.5 Å². The van der Waals surface area contributed by atoms with Gasteiger partial charge in [0.15, 0.2) is 0 Å². The van der Waals surface area contributed by atoms with E-state index >= 15 is 0 Å². The van der Waals surface area contributed by atoms with E-state index in [1.165, 1.54) is 64.7 Å². The van der Waals surface area contributed by atoms with Crippen LogP contribution in [0.3, 0.4) is 0 Å². The minimum atomic E-state index is -0.471. The van der Waals surface area contributed by atoms with Crippen LogP contribution in [0, 0.1) is 0 Å². The van der Waals surface area contributed by atoms with Crippen molar-refractivity contribution in [2.24, 2.45) is 0 Å². The average Bonchev–Trinajstić information content (AvgIpc) is 3.71. The molecule has 2 heterocycles. The Hall–Kier alpha value is -6.42. The number of benzene rings is 8. The van der Waals surface area contributed by atoms with Crippen LogP contribution < -0.4 is 9.64 Å². The van der Waals surface area contributed by atoms with Crippen molar-refractivity contribution in [2.75, 3.05) is 4.90 Å². The zero-order valence-electron chi connectivity index (χ0n) is 28.2. The van der Waals surface area contributed by atoms with Crippen molar-refractivity contribution in [2.45, 2.75) is 5.41 Å². The third-order valence-corrected chi connectivity index (χ3v) is 12.0. The molecule has 2 aliphatic rings. The molecule has 1 aliphatic carbocycles. The first kappa shape index (κ1) is 29.3. The van der Waals surface area contributed by atoms with Gasteiger partial charge in [0.05, 0.1) is 5.41 Å². The number of rotatable bonds is 4. The number of ether oxygens (including phenoxy) is 1. The molecular weight excluding hydrogens is 651 g/mol. The fourth-order valence-electron chi connectivity index (χ4n) is 8.73. The van der Waals surface area contributed by atoms with Crippen molar-refractivity contribution in [3.63, 3.8) is 0 Å². The maximum absolute atomic E-state index is 6.57. The van der Waals surface area contributed by atoms with Crippen LogP contribution in [0.15, 0.2) is 188 Å². The molecule has 0 saturated heterocycles. The number of hydrogen-bond donors (Lipinski definition) is 0. The molecule has 0 atom stereocenters. The van der Waals surface area contributed by atoms with Crippen LogP contribution in [-0.4, -0.2) is 0 Å². The fraction of sp³-hybridized carbons (Fsp3) is 0.0204. The summed E-state index contributed by atoms with van der Waals surface area (Å²) in [7, 11) is 0. The van der Waals surface area contributed by atoms with Crippen LogP contribution in [0.4, 0.5) is 17.1 Å². The van der Waals surface area contributed by atoms with Crippen LogP contribution in [-0.2, 0) is 5.41 Å². The molecule has 1 aromatic heterocycles. The number of anilines is 3. The summed E-state index contributed by atoms with van der Waals surface area (Å²) in [6.07, 6.45) is 0. The standard InChI is InChI=1S/C49H31NOS/c1-3-14-32(15-4-1)33-16-13-19-35(28-33)50(34-17-5-2-6-18-34)36-26-27-47-39(29-36)40-30-38-37-20-7-8-21-41(37)49(44(38)31-48(40)52-47)42-22-9-11-24-45(42)51-46-25-12-10-23-43(46)49/h1-31H. The first-order chi connectivity index (χ1) is 25.8. The van der Waals surface area contributed by atoms with Crippen molar-refractivity contribution in [3.8, 4) is 33.8 Å². The van der Waals surface area contributed by atoms with E-state index in [2.05, 4.69) is 193 Å². The van der Waals surface area contributed by atoms with Gasteiger partial charge in [0.25, 0.3) is 0 Å². The topological polar surface area (TPSA) is 12.5 Å². The molecule has 8 aromatic carbocycles. The molecule has 52 heavy (non-hydrogen) atoms. The van der Waals surface area contributed by atoms with Crippen LogP contribution in [0.1, 0.15) is 22.3 Å². The highest BCUT2D eigenvalue weighted by molar-refractivity contribution is 7.25. The van der Waals surface area contributed by atoms with Gasteiger partial charge >= 0.3 is 0 Å². The number of para-hydroxylation sites is 3. The molecule has 0 radical (unpaired) electrons. The summed E-state index contributed by atoms with van der Waals surface area (Å²) in [4.78, 5) is 2.38. The van der Waals surface area contributed by atoms with Crippen LogP contribution in [0.2, 0.25) is 0 Å². The summed E-state index contributed by atoms with van der Waals surface area (Å²) in [5.41, 5.74) is 12.9. The molecule has 3 heteroatoms. The SMILES string of the molecule is c1ccc(-c2cccc(N(c3ccccc3)c3ccc4sc5cc6c(cc5c4c3)-c3ccccc3C63c4ccccc4Oc4ccccc43)c2)cc1. The third kappa shape index (κ3) is 4.17. The Morgan fingerprint density at radius 1 is 0.385 bits per heavy atom. The van der Waals surface area contributed by atoms with Crippen LogP contribution >= 0.6 is 11.3 Å². The molecule has 0 saturated carbocycles. The zero-order valence-corrected chi connectivity index (χ0v) is 29.0. The molecule has 0 bridgehead atoms. The Morgan fingerprint density at radius 2 is 0.981 bits per heavy atom. The van der Waals surface area contributed by atoms with Crippen molar-refractivity contribution in [3.05, 3.63) is 210 Å². The molecule has 1 aliphatic heterocycles. The van der Waals surface area contributed by atoms with Crippen molar-refractivity contribution >= 4 is 48.6 Å². The Kier molecular flexibility index (Phi) is 6.37. The van der Waals surface area contributed by atoms with Gasteiger partial charge in [0, 0.05) is 48.4 Å². The predicted molar refractivity (Wildman–Crippen MR) is 217 cm³/mol. The monoisotopic (exact) mass is 681 g/mol. The number of thiophene rings is 1. The van der Waals surface area contributed by atoms with E-state index in [9.17, 15) is 0 Å². The minimum Gasteiger partial charge on any atom is -0.457 e. The maximum Gasteiger partial charge on any atom is 0.132 e. The Bertz CT molecular complexity index is 2790. The minimum absolute atomic E-state index is 0.471. The number of hydrogen-bond acceptors (Lipinski definition) is 3. The van der Waals surface area contributed by atoms with Gasteiger partial charge in [-0.05, 0) is 100 Å². The molecule has 11 rings (SSSR count). The molecule has 9 aromatic rings. The van der Waals surface area contributed by atoms with E-state index in [4.69, 9.17) is 4.74 Å². The van der Waals surface area contributed by atoms with E-state index in [0.717, 1.165) is 28.6 Å². The molecule has 1 spiro atoms. The lowest BCUT2D eigenvalue weighted by atomic mass is 9.66. The quantitative estimate of drug-likeness (QED) is 0.183. The van der Waals surface area contributed by atoms with Gasteiger partial charge in [-0.3, -0.25) is 0 Å². The predicted octanol–water partition coefficient (Wildman–Crippen LogP) is 13.7.